The molecule has 170 valence electrons. The van der Waals surface area contributed by atoms with Crippen LogP contribution >= 0.6 is 0 Å². The maximum absolute atomic E-state index is 12.9. The summed E-state index contributed by atoms with van der Waals surface area (Å²) in [6, 6.07) is 9.89. The van der Waals surface area contributed by atoms with Crippen molar-refractivity contribution < 1.29 is 18.7 Å². The number of aromatic nitrogens is 1. The zero-order chi connectivity index (χ0) is 22.9. The lowest BCUT2D eigenvalue weighted by atomic mass is 10.1. The highest BCUT2D eigenvalue weighted by Gasteiger charge is 2.19. The summed E-state index contributed by atoms with van der Waals surface area (Å²) in [5.74, 6) is -0.0655. The Labute approximate surface area is 188 Å². The van der Waals surface area contributed by atoms with Crippen LogP contribution in [0.15, 0.2) is 35.9 Å². The van der Waals surface area contributed by atoms with Crippen LogP contribution in [-0.2, 0) is 16.1 Å². The number of ether oxygens (including phenoxy) is 2. The second-order valence-electron chi connectivity index (χ2n) is 8.01. The lowest BCUT2D eigenvalue weighted by molar-refractivity contribution is -0.117. The first-order chi connectivity index (χ1) is 15.5. The molecule has 0 saturated carbocycles. The lowest BCUT2D eigenvalue weighted by Crippen LogP contribution is -2.25. The number of aryl methyl sites for hydroxylation is 1. The zero-order valence-electron chi connectivity index (χ0n) is 18.7. The summed E-state index contributed by atoms with van der Waals surface area (Å²) in [4.78, 5) is 12.5. The third kappa shape index (κ3) is 6.44. The van der Waals surface area contributed by atoms with E-state index in [1.54, 1.807) is 18.2 Å². The average molecular weight is 440 g/mol. The zero-order valence-corrected chi connectivity index (χ0v) is 18.7. The van der Waals surface area contributed by atoms with Gasteiger partial charge in [0, 0.05) is 31.1 Å². The van der Waals surface area contributed by atoms with Gasteiger partial charge < -0.3 is 19.4 Å². The topological polar surface area (TPSA) is 76.3 Å². The van der Waals surface area contributed by atoms with Gasteiger partial charge >= 0.3 is 0 Å². The minimum absolute atomic E-state index is 0.0879. The van der Waals surface area contributed by atoms with Crippen LogP contribution < -0.4 is 10.1 Å². The van der Waals surface area contributed by atoms with Gasteiger partial charge in [-0.3, -0.25) is 4.79 Å². The number of rotatable bonds is 10. The van der Waals surface area contributed by atoms with Crippen LogP contribution in [0, 0.1) is 31.0 Å². The van der Waals surface area contributed by atoms with Gasteiger partial charge in [-0.05, 0) is 81.5 Å². The number of halogens is 1. The highest BCUT2D eigenvalue weighted by atomic mass is 19.1. The molecule has 0 bridgehead atoms. The normalized spacial score (nSPS) is 16.1. The molecule has 1 aliphatic heterocycles. The number of amides is 1. The molecule has 1 aromatic carbocycles. The van der Waals surface area contributed by atoms with Crippen LogP contribution in [0.1, 0.15) is 42.6 Å². The van der Waals surface area contributed by atoms with Crippen molar-refractivity contribution in [2.45, 2.75) is 52.2 Å². The van der Waals surface area contributed by atoms with E-state index in [9.17, 15) is 14.4 Å². The molecule has 1 atom stereocenters. The number of carbonyl (C=O) groups is 1. The van der Waals surface area contributed by atoms with Crippen molar-refractivity contribution in [2.24, 2.45) is 0 Å². The van der Waals surface area contributed by atoms with Crippen LogP contribution in [0.25, 0.3) is 6.08 Å². The fourth-order valence-electron chi connectivity index (χ4n) is 3.80. The van der Waals surface area contributed by atoms with Gasteiger partial charge in [-0.1, -0.05) is 0 Å². The molecule has 6 nitrogen and oxygen atoms in total. The monoisotopic (exact) mass is 439 g/mol. The quantitative estimate of drug-likeness (QED) is 0.340. The van der Waals surface area contributed by atoms with E-state index < -0.39 is 0 Å². The molecule has 2 heterocycles. The highest BCUT2D eigenvalue weighted by molar-refractivity contribution is 6.01. The number of nitrogens with zero attached hydrogens (tertiary/aromatic N) is 2. The van der Waals surface area contributed by atoms with Crippen molar-refractivity contribution in [2.75, 3.05) is 19.8 Å². The van der Waals surface area contributed by atoms with Crippen LogP contribution in [0.3, 0.4) is 0 Å². The first-order valence-electron chi connectivity index (χ1n) is 11.0. The molecule has 0 spiro atoms. The Hall–Kier alpha value is -3.11. The molecule has 0 aliphatic carbocycles. The number of hydrogen-bond acceptors (Lipinski definition) is 4. The molecule has 7 heteroatoms. The third-order valence-corrected chi connectivity index (χ3v) is 5.63. The SMILES string of the molecule is Cc1cc(/C=C(\C#N)C(=O)NCCCCOc2ccc(F)cc2)c(C)n1CC1CCCO1. The Balaban J connectivity index is 1.47. The molecule has 1 aromatic heterocycles. The van der Waals surface area contributed by atoms with Gasteiger partial charge in [0.1, 0.15) is 23.2 Å². The predicted octanol–water partition coefficient (Wildman–Crippen LogP) is 4.31. The molecule has 1 aliphatic rings. The van der Waals surface area contributed by atoms with Gasteiger partial charge in [-0.15, -0.1) is 0 Å². The summed E-state index contributed by atoms with van der Waals surface area (Å²) in [5.41, 5.74) is 3.07. The molecule has 1 unspecified atom stereocenters. The van der Waals surface area contributed by atoms with Gasteiger partial charge in [0.25, 0.3) is 5.91 Å². The summed E-state index contributed by atoms with van der Waals surface area (Å²) in [6.07, 6.45) is 5.47. The van der Waals surface area contributed by atoms with Crippen molar-refractivity contribution in [1.82, 2.24) is 9.88 Å². The molecule has 32 heavy (non-hydrogen) atoms. The fourth-order valence-corrected chi connectivity index (χ4v) is 3.80. The molecule has 0 radical (unpaired) electrons. The Morgan fingerprint density at radius 2 is 2.12 bits per heavy atom. The second kappa shape index (κ2) is 11.5. The van der Waals surface area contributed by atoms with Crippen LogP contribution in [0.4, 0.5) is 4.39 Å². The molecular weight excluding hydrogens is 409 g/mol. The van der Waals surface area contributed by atoms with E-state index in [-0.39, 0.29) is 23.4 Å². The van der Waals surface area contributed by atoms with E-state index in [1.807, 2.05) is 26.0 Å². The molecule has 3 rings (SSSR count). The second-order valence-corrected chi connectivity index (χ2v) is 8.01. The number of unbranched alkanes of at least 4 members (excludes halogenated alkanes) is 1. The molecule has 1 fully saturated rings. The molecular formula is C25H30FN3O3. The molecule has 1 N–H and O–H groups in total. The van der Waals surface area contributed by atoms with Crippen molar-refractivity contribution >= 4 is 12.0 Å². The lowest BCUT2D eigenvalue weighted by Gasteiger charge is -2.14. The number of carbonyl (C=O) groups excluding carboxylic acids is 1. The maximum atomic E-state index is 12.9. The summed E-state index contributed by atoms with van der Waals surface area (Å²) >= 11 is 0. The Morgan fingerprint density at radius 1 is 1.34 bits per heavy atom. The van der Waals surface area contributed by atoms with Gasteiger partial charge in [-0.2, -0.15) is 5.26 Å². The summed E-state index contributed by atoms with van der Waals surface area (Å²) in [7, 11) is 0. The molecule has 1 saturated heterocycles. The van der Waals surface area contributed by atoms with Crippen LogP contribution in [0.5, 0.6) is 5.75 Å². The van der Waals surface area contributed by atoms with Crippen molar-refractivity contribution in [3.8, 4) is 11.8 Å². The number of benzene rings is 1. The van der Waals surface area contributed by atoms with Crippen LogP contribution in [0.2, 0.25) is 0 Å². The standard InChI is InChI=1S/C25H30FN3O3/c1-18-14-20(19(2)29(18)17-24-6-5-13-32-24)15-21(16-27)25(30)28-11-3-4-12-31-23-9-7-22(26)8-10-23/h7-10,14-15,24H,3-6,11-13,17H2,1-2H3,(H,28,30)/b21-15+. The maximum Gasteiger partial charge on any atom is 0.261 e. The van der Waals surface area contributed by atoms with Gasteiger partial charge in [0.2, 0.25) is 0 Å². The third-order valence-electron chi connectivity index (χ3n) is 5.63. The van der Waals surface area contributed by atoms with E-state index in [0.717, 1.165) is 49.4 Å². The largest absolute Gasteiger partial charge is 0.494 e. The number of hydrogen-bond donors (Lipinski definition) is 1. The Bertz CT molecular complexity index is 983. The smallest absolute Gasteiger partial charge is 0.261 e. The van der Waals surface area contributed by atoms with Crippen LogP contribution in [-0.4, -0.2) is 36.3 Å². The minimum atomic E-state index is -0.379. The molecule has 2 aromatic rings. The van der Waals surface area contributed by atoms with Gasteiger partial charge in [-0.25, -0.2) is 4.39 Å². The van der Waals surface area contributed by atoms with Crippen molar-refractivity contribution in [3.05, 3.63) is 58.7 Å². The minimum Gasteiger partial charge on any atom is -0.494 e. The van der Waals surface area contributed by atoms with E-state index >= 15 is 0 Å². The van der Waals surface area contributed by atoms with Gasteiger partial charge in [0.05, 0.1) is 12.7 Å². The Kier molecular flexibility index (Phi) is 8.46. The van der Waals surface area contributed by atoms with E-state index in [1.165, 1.54) is 12.1 Å². The number of nitrogens with one attached hydrogen (secondary N) is 1. The average Bonchev–Trinajstić information content (AvgIpc) is 3.39. The summed E-state index contributed by atoms with van der Waals surface area (Å²) in [5, 5.41) is 12.3. The predicted molar refractivity (Wildman–Crippen MR) is 121 cm³/mol. The summed E-state index contributed by atoms with van der Waals surface area (Å²) < 4.78 is 26.3. The first-order valence-corrected chi connectivity index (χ1v) is 11.0. The van der Waals surface area contributed by atoms with Gasteiger partial charge in [0.15, 0.2) is 0 Å². The highest BCUT2D eigenvalue weighted by Crippen LogP contribution is 2.22. The van der Waals surface area contributed by atoms with E-state index in [0.29, 0.717) is 25.3 Å². The van der Waals surface area contributed by atoms with Crippen molar-refractivity contribution in [3.63, 3.8) is 0 Å². The number of nitriles is 1. The first kappa shape index (κ1) is 23.6. The van der Waals surface area contributed by atoms with Crippen molar-refractivity contribution in [1.29, 1.82) is 5.26 Å². The molecule has 1 amide bonds. The van der Waals surface area contributed by atoms with E-state index in [4.69, 9.17) is 9.47 Å². The Morgan fingerprint density at radius 3 is 2.81 bits per heavy atom. The summed E-state index contributed by atoms with van der Waals surface area (Å²) in [6.45, 7) is 6.55. The van der Waals surface area contributed by atoms with E-state index in [2.05, 4.69) is 9.88 Å². The fraction of sp³-hybridized carbons (Fsp3) is 0.440.